The molecule has 0 bridgehead atoms. The van der Waals surface area contributed by atoms with Gasteiger partial charge in [-0.1, -0.05) is 30.3 Å². The molecule has 0 saturated heterocycles. The molecule has 0 spiro atoms. The number of H-pyrrole nitrogens is 1. The molecule has 8 heteroatoms. The van der Waals surface area contributed by atoms with Crippen molar-refractivity contribution in [2.24, 2.45) is 0 Å². The predicted molar refractivity (Wildman–Crippen MR) is 111 cm³/mol. The number of imidazole rings is 1. The van der Waals surface area contributed by atoms with Crippen LogP contribution in [-0.4, -0.2) is 46.9 Å². The lowest BCUT2D eigenvalue weighted by Crippen LogP contribution is -2.39. The largest absolute Gasteiger partial charge is 0.347 e. The molecule has 3 aromatic heterocycles. The van der Waals surface area contributed by atoms with Crippen LogP contribution >= 0.6 is 0 Å². The number of fused-ring (bicyclic) bond motifs is 2. The Hall–Kier alpha value is -3.55. The van der Waals surface area contributed by atoms with Crippen LogP contribution in [0.2, 0.25) is 0 Å². The number of hydrogen-bond donors (Lipinski definition) is 1. The SMILES string of the molecule is Cc1nc2ncnn2c(C)c1CCC(=O)N1Cc2[nH]cnc2C(c2ccccc2)C1. The topological polar surface area (TPSA) is 92.1 Å². The van der Waals surface area contributed by atoms with Crippen LogP contribution in [0.1, 0.15) is 46.2 Å². The third kappa shape index (κ3) is 3.14. The number of rotatable bonds is 4. The Balaban J connectivity index is 1.36. The standard InChI is InChI=1S/C22H23N7O/c1-14-17(15(2)29-22(27-14)25-13-26-29)8-9-20(30)28-10-18(16-6-4-3-5-7-16)21-19(11-28)23-12-24-21/h3-7,12-13,18H,8-11H2,1-2H3,(H,23,24). The molecule has 4 aromatic rings. The van der Waals surface area contributed by atoms with E-state index >= 15 is 0 Å². The molecular formula is C22H23N7O. The maximum atomic E-state index is 13.2. The minimum absolute atomic E-state index is 0.0850. The highest BCUT2D eigenvalue weighted by Crippen LogP contribution is 2.31. The first kappa shape index (κ1) is 18.5. The van der Waals surface area contributed by atoms with E-state index in [0.29, 0.717) is 31.7 Å². The molecule has 1 aliphatic rings. The number of aryl methyl sites for hydroxylation is 2. The number of amides is 1. The summed E-state index contributed by atoms with van der Waals surface area (Å²) in [4.78, 5) is 31.5. The Morgan fingerprint density at radius 1 is 1.20 bits per heavy atom. The maximum absolute atomic E-state index is 13.2. The summed E-state index contributed by atoms with van der Waals surface area (Å²) in [5, 5.41) is 4.24. The molecule has 30 heavy (non-hydrogen) atoms. The van der Waals surface area contributed by atoms with E-state index in [2.05, 4.69) is 37.2 Å². The lowest BCUT2D eigenvalue weighted by Gasteiger charge is -2.32. The number of carbonyl (C=O) groups excluding carboxylic acids is 1. The van der Waals surface area contributed by atoms with Gasteiger partial charge in [0.25, 0.3) is 5.78 Å². The Kier molecular flexibility index (Phi) is 4.54. The smallest absolute Gasteiger partial charge is 0.252 e. The van der Waals surface area contributed by atoms with Gasteiger partial charge < -0.3 is 9.88 Å². The maximum Gasteiger partial charge on any atom is 0.252 e. The van der Waals surface area contributed by atoms with Crippen molar-refractivity contribution in [2.75, 3.05) is 6.54 Å². The van der Waals surface area contributed by atoms with Gasteiger partial charge in [-0.15, -0.1) is 0 Å². The van der Waals surface area contributed by atoms with Crippen LogP contribution in [0.15, 0.2) is 43.0 Å². The molecule has 1 aromatic carbocycles. The summed E-state index contributed by atoms with van der Waals surface area (Å²) < 4.78 is 1.73. The summed E-state index contributed by atoms with van der Waals surface area (Å²) in [6.07, 6.45) is 4.28. The van der Waals surface area contributed by atoms with Crippen LogP contribution in [0.3, 0.4) is 0 Å². The number of hydrogen-bond acceptors (Lipinski definition) is 5. The summed E-state index contributed by atoms with van der Waals surface area (Å²) in [6.45, 7) is 5.17. The molecule has 0 fully saturated rings. The monoisotopic (exact) mass is 401 g/mol. The molecule has 1 N–H and O–H groups in total. The quantitative estimate of drug-likeness (QED) is 0.567. The number of benzene rings is 1. The van der Waals surface area contributed by atoms with E-state index in [1.165, 1.54) is 11.9 Å². The predicted octanol–water partition coefficient (Wildman–Crippen LogP) is 2.57. The van der Waals surface area contributed by atoms with Gasteiger partial charge in [0.1, 0.15) is 6.33 Å². The van der Waals surface area contributed by atoms with Gasteiger partial charge in [-0.25, -0.2) is 14.5 Å². The van der Waals surface area contributed by atoms with E-state index < -0.39 is 0 Å². The highest BCUT2D eigenvalue weighted by atomic mass is 16.2. The van der Waals surface area contributed by atoms with Crippen LogP contribution in [0.5, 0.6) is 0 Å². The highest BCUT2D eigenvalue weighted by molar-refractivity contribution is 5.77. The molecule has 1 unspecified atom stereocenters. The Morgan fingerprint density at radius 2 is 2.03 bits per heavy atom. The molecule has 152 valence electrons. The van der Waals surface area contributed by atoms with Gasteiger partial charge in [0.05, 0.1) is 24.3 Å². The van der Waals surface area contributed by atoms with Crippen LogP contribution < -0.4 is 0 Å². The molecule has 1 atom stereocenters. The van der Waals surface area contributed by atoms with Crippen molar-refractivity contribution in [3.8, 4) is 0 Å². The summed E-state index contributed by atoms with van der Waals surface area (Å²) in [6, 6.07) is 10.3. The summed E-state index contributed by atoms with van der Waals surface area (Å²) >= 11 is 0. The lowest BCUT2D eigenvalue weighted by atomic mass is 9.90. The lowest BCUT2D eigenvalue weighted by molar-refractivity contribution is -0.132. The number of carbonyl (C=O) groups is 1. The van der Waals surface area contributed by atoms with E-state index in [1.807, 2.05) is 36.9 Å². The molecule has 1 amide bonds. The average Bonchev–Trinajstić information content (AvgIpc) is 3.42. The number of aromatic amines is 1. The van der Waals surface area contributed by atoms with Crippen LogP contribution in [-0.2, 0) is 17.8 Å². The third-order valence-electron chi connectivity index (χ3n) is 5.97. The second kappa shape index (κ2) is 7.37. The molecule has 1 aliphatic heterocycles. The van der Waals surface area contributed by atoms with Gasteiger partial charge >= 0.3 is 0 Å². The van der Waals surface area contributed by atoms with Crippen molar-refractivity contribution < 1.29 is 4.79 Å². The van der Waals surface area contributed by atoms with Crippen molar-refractivity contribution >= 4 is 11.7 Å². The number of nitrogens with one attached hydrogen (secondary N) is 1. The fraction of sp³-hybridized carbons (Fsp3) is 0.318. The molecule has 5 rings (SSSR count). The average molecular weight is 401 g/mol. The van der Waals surface area contributed by atoms with Crippen molar-refractivity contribution in [3.63, 3.8) is 0 Å². The minimum atomic E-state index is 0.0850. The van der Waals surface area contributed by atoms with E-state index in [-0.39, 0.29) is 11.8 Å². The van der Waals surface area contributed by atoms with Crippen molar-refractivity contribution in [1.29, 1.82) is 0 Å². The van der Waals surface area contributed by atoms with E-state index in [1.54, 1.807) is 10.8 Å². The Bertz CT molecular complexity index is 1210. The van der Waals surface area contributed by atoms with E-state index in [4.69, 9.17) is 0 Å². The van der Waals surface area contributed by atoms with Crippen molar-refractivity contribution in [2.45, 2.75) is 39.2 Å². The molecule has 8 nitrogen and oxygen atoms in total. The van der Waals surface area contributed by atoms with Gasteiger partial charge in [-0.05, 0) is 31.4 Å². The van der Waals surface area contributed by atoms with Crippen molar-refractivity contribution in [1.82, 2.24) is 34.4 Å². The molecule has 0 aliphatic carbocycles. The zero-order valence-electron chi connectivity index (χ0n) is 17.0. The highest BCUT2D eigenvalue weighted by Gasteiger charge is 2.31. The fourth-order valence-corrected chi connectivity index (χ4v) is 4.37. The molecule has 4 heterocycles. The molecular weight excluding hydrogens is 378 g/mol. The second-order valence-electron chi connectivity index (χ2n) is 7.74. The Labute approximate surface area is 174 Å². The van der Waals surface area contributed by atoms with Crippen LogP contribution in [0.25, 0.3) is 5.78 Å². The first-order chi connectivity index (χ1) is 14.6. The zero-order valence-corrected chi connectivity index (χ0v) is 17.0. The Morgan fingerprint density at radius 3 is 2.87 bits per heavy atom. The zero-order chi connectivity index (χ0) is 20.7. The van der Waals surface area contributed by atoms with Crippen LogP contribution in [0, 0.1) is 13.8 Å². The van der Waals surface area contributed by atoms with Gasteiger partial charge in [0, 0.05) is 30.3 Å². The summed E-state index contributed by atoms with van der Waals surface area (Å²) in [7, 11) is 0. The first-order valence-corrected chi connectivity index (χ1v) is 10.1. The number of aromatic nitrogens is 6. The van der Waals surface area contributed by atoms with E-state index in [0.717, 1.165) is 28.3 Å². The molecule has 0 saturated carbocycles. The molecule has 0 radical (unpaired) electrons. The van der Waals surface area contributed by atoms with Crippen molar-refractivity contribution in [3.05, 3.63) is 76.9 Å². The van der Waals surface area contributed by atoms with E-state index in [9.17, 15) is 4.79 Å². The van der Waals surface area contributed by atoms with Gasteiger partial charge in [0.2, 0.25) is 5.91 Å². The number of nitrogens with zero attached hydrogens (tertiary/aromatic N) is 6. The first-order valence-electron chi connectivity index (χ1n) is 10.1. The second-order valence-corrected chi connectivity index (χ2v) is 7.74. The van der Waals surface area contributed by atoms with Crippen LogP contribution in [0.4, 0.5) is 0 Å². The third-order valence-corrected chi connectivity index (χ3v) is 5.97. The summed E-state index contributed by atoms with van der Waals surface area (Å²) in [5.41, 5.74) is 6.17. The van der Waals surface area contributed by atoms with Gasteiger partial charge in [-0.2, -0.15) is 10.1 Å². The fourth-order valence-electron chi connectivity index (χ4n) is 4.37. The minimum Gasteiger partial charge on any atom is -0.347 e. The van der Waals surface area contributed by atoms with Gasteiger partial charge in [-0.3, -0.25) is 4.79 Å². The normalized spacial score (nSPS) is 16.1. The summed E-state index contributed by atoms with van der Waals surface area (Å²) in [5.74, 6) is 0.809. The van der Waals surface area contributed by atoms with Gasteiger partial charge in [0.15, 0.2) is 0 Å².